The number of nitrogens with zero attached hydrogens (tertiary/aromatic N) is 2. The van der Waals surface area contributed by atoms with Crippen LogP contribution in [0.15, 0.2) is 0 Å². The first-order valence-corrected chi connectivity index (χ1v) is 8.90. The van der Waals surface area contributed by atoms with E-state index in [1.807, 2.05) is 0 Å². The highest BCUT2D eigenvalue weighted by Gasteiger charge is 2.14. The van der Waals surface area contributed by atoms with Crippen molar-refractivity contribution >= 4 is 9.84 Å². The maximum absolute atomic E-state index is 11.1. The van der Waals surface area contributed by atoms with Gasteiger partial charge in [0.05, 0.1) is 5.75 Å². The van der Waals surface area contributed by atoms with Crippen LogP contribution < -0.4 is 5.73 Å². The Bertz CT molecular complexity index is 319. The molecule has 1 aliphatic rings. The second-order valence-electron chi connectivity index (χ2n) is 5.16. The van der Waals surface area contributed by atoms with Crippen molar-refractivity contribution in [3.63, 3.8) is 0 Å². The molecule has 0 aromatic carbocycles. The number of hydrogen-bond donors (Lipinski definition) is 1. The maximum atomic E-state index is 11.1. The monoisotopic (exact) mass is 277 g/mol. The fourth-order valence-electron chi connectivity index (χ4n) is 2.34. The average Bonchev–Trinajstić information content (AvgIpc) is 2.50. The van der Waals surface area contributed by atoms with Gasteiger partial charge in [-0.3, -0.25) is 0 Å². The van der Waals surface area contributed by atoms with Crippen LogP contribution in [0, 0.1) is 0 Å². The van der Waals surface area contributed by atoms with Gasteiger partial charge in [0.15, 0.2) is 0 Å². The van der Waals surface area contributed by atoms with Gasteiger partial charge in [0.1, 0.15) is 9.84 Å². The predicted molar refractivity (Wildman–Crippen MR) is 75.5 cm³/mol. The lowest BCUT2D eigenvalue weighted by molar-refractivity contribution is 0.256. The Morgan fingerprint density at radius 3 is 2.06 bits per heavy atom. The molecule has 1 saturated heterocycles. The first kappa shape index (κ1) is 15.9. The summed E-state index contributed by atoms with van der Waals surface area (Å²) < 4.78 is 22.1. The van der Waals surface area contributed by atoms with Crippen LogP contribution in [-0.4, -0.2) is 76.0 Å². The SMILES string of the molecule is CS(=O)(=O)CCCN1CCCN(CCCN)CC1. The lowest BCUT2D eigenvalue weighted by Gasteiger charge is -2.21. The van der Waals surface area contributed by atoms with Gasteiger partial charge in [-0.15, -0.1) is 0 Å². The summed E-state index contributed by atoms with van der Waals surface area (Å²) in [6.07, 6.45) is 4.29. The Balaban J connectivity index is 2.21. The van der Waals surface area contributed by atoms with Crippen LogP contribution >= 0.6 is 0 Å². The molecule has 0 aromatic heterocycles. The molecule has 108 valence electrons. The van der Waals surface area contributed by atoms with E-state index in [9.17, 15) is 8.42 Å². The molecule has 1 heterocycles. The van der Waals surface area contributed by atoms with Crippen molar-refractivity contribution in [3.8, 4) is 0 Å². The summed E-state index contributed by atoms with van der Waals surface area (Å²) in [7, 11) is -2.81. The highest BCUT2D eigenvalue weighted by molar-refractivity contribution is 7.90. The van der Waals surface area contributed by atoms with Gasteiger partial charge in [0.2, 0.25) is 0 Å². The minimum absolute atomic E-state index is 0.306. The fourth-order valence-corrected chi connectivity index (χ4v) is 2.99. The van der Waals surface area contributed by atoms with E-state index in [1.54, 1.807) is 0 Å². The fraction of sp³-hybridized carbons (Fsp3) is 1.00. The summed E-state index contributed by atoms with van der Waals surface area (Å²) in [5.41, 5.74) is 5.52. The maximum Gasteiger partial charge on any atom is 0.147 e. The van der Waals surface area contributed by atoms with E-state index in [2.05, 4.69) is 9.80 Å². The molecule has 0 amide bonds. The van der Waals surface area contributed by atoms with Crippen molar-refractivity contribution in [3.05, 3.63) is 0 Å². The molecule has 0 bridgehead atoms. The molecule has 1 fully saturated rings. The van der Waals surface area contributed by atoms with Gasteiger partial charge in [-0.05, 0) is 52.0 Å². The summed E-state index contributed by atoms with van der Waals surface area (Å²) >= 11 is 0. The Labute approximate surface area is 111 Å². The van der Waals surface area contributed by atoms with Crippen molar-refractivity contribution in [2.24, 2.45) is 5.73 Å². The quantitative estimate of drug-likeness (QED) is 0.697. The Morgan fingerprint density at radius 1 is 1.00 bits per heavy atom. The van der Waals surface area contributed by atoms with Crippen LogP contribution in [0.25, 0.3) is 0 Å². The zero-order valence-electron chi connectivity index (χ0n) is 11.5. The topological polar surface area (TPSA) is 66.6 Å². The number of sulfone groups is 1. The van der Waals surface area contributed by atoms with Crippen LogP contribution in [0.1, 0.15) is 19.3 Å². The average molecular weight is 277 g/mol. The minimum atomic E-state index is -2.81. The summed E-state index contributed by atoms with van der Waals surface area (Å²) in [4.78, 5) is 4.84. The van der Waals surface area contributed by atoms with Gasteiger partial charge >= 0.3 is 0 Å². The summed E-state index contributed by atoms with van der Waals surface area (Å²) in [6, 6.07) is 0. The zero-order valence-corrected chi connectivity index (χ0v) is 12.3. The van der Waals surface area contributed by atoms with Crippen molar-refractivity contribution in [1.29, 1.82) is 0 Å². The van der Waals surface area contributed by atoms with E-state index in [1.165, 1.54) is 12.7 Å². The van der Waals surface area contributed by atoms with E-state index in [-0.39, 0.29) is 0 Å². The van der Waals surface area contributed by atoms with Gasteiger partial charge in [-0.2, -0.15) is 0 Å². The van der Waals surface area contributed by atoms with Crippen LogP contribution in [0.2, 0.25) is 0 Å². The Kier molecular flexibility index (Phi) is 7.14. The summed E-state index contributed by atoms with van der Waals surface area (Å²) in [6.45, 7) is 7.11. The smallest absolute Gasteiger partial charge is 0.147 e. The van der Waals surface area contributed by atoms with E-state index in [0.29, 0.717) is 5.75 Å². The number of hydrogen-bond acceptors (Lipinski definition) is 5. The largest absolute Gasteiger partial charge is 0.330 e. The normalized spacial score (nSPS) is 19.9. The number of rotatable bonds is 7. The van der Waals surface area contributed by atoms with Gasteiger partial charge in [0.25, 0.3) is 0 Å². The van der Waals surface area contributed by atoms with E-state index < -0.39 is 9.84 Å². The van der Waals surface area contributed by atoms with Crippen molar-refractivity contribution in [2.45, 2.75) is 19.3 Å². The van der Waals surface area contributed by atoms with Crippen LogP contribution in [-0.2, 0) is 9.84 Å². The molecule has 1 aliphatic heterocycles. The second-order valence-corrected chi connectivity index (χ2v) is 7.42. The highest BCUT2D eigenvalue weighted by atomic mass is 32.2. The third-order valence-electron chi connectivity index (χ3n) is 3.35. The number of nitrogens with two attached hydrogens (primary N) is 1. The second kappa shape index (κ2) is 8.09. The van der Waals surface area contributed by atoms with Crippen LogP contribution in [0.3, 0.4) is 0 Å². The van der Waals surface area contributed by atoms with E-state index in [0.717, 1.165) is 58.7 Å². The Morgan fingerprint density at radius 2 is 1.56 bits per heavy atom. The van der Waals surface area contributed by atoms with Gasteiger partial charge in [-0.25, -0.2) is 8.42 Å². The Hall–Kier alpha value is -0.170. The molecule has 0 aliphatic carbocycles. The van der Waals surface area contributed by atoms with Gasteiger partial charge < -0.3 is 15.5 Å². The van der Waals surface area contributed by atoms with Gasteiger partial charge in [-0.1, -0.05) is 0 Å². The summed E-state index contributed by atoms with van der Waals surface area (Å²) in [5.74, 6) is 0.306. The molecule has 0 radical (unpaired) electrons. The molecule has 0 unspecified atom stereocenters. The minimum Gasteiger partial charge on any atom is -0.330 e. The molecular formula is C12H27N3O2S. The molecule has 2 N–H and O–H groups in total. The lowest BCUT2D eigenvalue weighted by atomic mass is 10.3. The highest BCUT2D eigenvalue weighted by Crippen LogP contribution is 2.04. The van der Waals surface area contributed by atoms with Crippen LogP contribution in [0.4, 0.5) is 0 Å². The first-order valence-electron chi connectivity index (χ1n) is 6.84. The van der Waals surface area contributed by atoms with Crippen molar-refractivity contribution < 1.29 is 8.42 Å². The summed E-state index contributed by atoms with van der Waals surface area (Å²) in [5, 5.41) is 0. The molecule has 6 heteroatoms. The predicted octanol–water partition coefficient (Wildman–Crippen LogP) is -0.222. The standard InChI is InChI=1S/C12H27N3O2S/c1-18(16,17)12-4-9-15-8-3-7-14(10-11-15)6-2-5-13/h2-13H2,1H3. The van der Waals surface area contributed by atoms with Crippen molar-refractivity contribution in [1.82, 2.24) is 9.80 Å². The van der Waals surface area contributed by atoms with Gasteiger partial charge in [0, 0.05) is 19.3 Å². The molecule has 0 saturated carbocycles. The molecular weight excluding hydrogens is 250 g/mol. The molecule has 5 nitrogen and oxygen atoms in total. The molecule has 1 rings (SSSR count). The third kappa shape index (κ3) is 7.31. The van der Waals surface area contributed by atoms with Crippen LogP contribution in [0.5, 0.6) is 0 Å². The molecule has 0 spiro atoms. The zero-order chi connectivity index (χ0) is 13.4. The molecule has 0 aromatic rings. The van der Waals surface area contributed by atoms with E-state index >= 15 is 0 Å². The van der Waals surface area contributed by atoms with E-state index in [4.69, 9.17) is 5.73 Å². The van der Waals surface area contributed by atoms with Crippen molar-refractivity contribution in [2.75, 3.05) is 57.8 Å². The molecule has 0 atom stereocenters. The molecule has 18 heavy (non-hydrogen) atoms. The first-order chi connectivity index (χ1) is 8.51. The third-order valence-corrected chi connectivity index (χ3v) is 4.38. The lowest BCUT2D eigenvalue weighted by Crippen LogP contribution is -2.33.